The second-order valence-electron chi connectivity index (χ2n) is 3.90. The smallest absolute Gasteiger partial charge is 0.317 e. The van der Waals surface area contributed by atoms with E-state index in [0.29, 0.717) is 10.6 Å². The molecule has 1 aliphatic carbocycles. The zero-order valence-electron chi connectivity index (χ0n) is 8.52. The van der Waals surface area contributed by atoms with Crippen molar-refractivity contribution in [1.82, 2.24) is 0 Å². The lowest BCUT2D eigenvalue weighted by atomic mass is 10.3. The molecule has 0 aromatic heterocycles. The van der Waals surface area contributed by atoms with E-state index in [2.05, 4.69) is 0 Å². The van der Waals surface area contributed by atoms with Crippen molar-refractivity contribution in [2.75, 3.05) is 5.73 Å². The third-order valence-electron chi connectivity index (χ3n) is 2.52. The van der Waals surface area contributed by atoms with Crippen LogP contribution in [-0.4, -0.2) is 16.3 Å². The molecule has 0 amide bonds. The largest absolute Gasteiger partial charge is 0.480 e. The fourth-order valence-electron chi connectivity index (χ4n) is 1.51. The summed E-state index contributed by atoms with van der Waals surface area (Å²) in [5, 5.41) is 8.59. The summed E-state index contributed by atoms with van der Waals surface area (Å²) < 4.78 is 12.8. The lowest BCUT2D eigenvalue weighted by Crippen LogP contribution is -2.18. The average molecular weight is 241 g/mol. The van der Waals surface area contributed by atoms with Gasteiger partial charge in [0.2, 0.25) is 0 Å². The van der Waals surface area contributed by atoms with Crippen molar-refractivity contribution in [3.63, 3.8) is 0 Å². The van der Waals surface area contributed by atoms with Crippen LogP contribution in [0.2, 0.25) is 0 Å². The highest BCUT2D eigenvalue weighted by atomic mass is 32.2. The summed E-state index contributed by atoms with van der Waals surface area (Å²) in [5.41, 5.74) is 5.94. The first-order valence-corrected chi connectivity index (χ1v) is 5.90. The number of carboxylic acid groups (broad SMARTS) is 1. The first-order valence-electron chi connectivity index (χ1n) is 5.02. The van der Waals surface area contributed by atoms with Gasteiger partial charge in [-0.15, -0.1) is 11.8 Å². The fourth-order valence-corrected chi connectivity index (χ4v) is 2.69. The molecule has 0 spiro atoms. The molecule has 1 aliphatic rings. The maximum atomic E-state index is 12.8. The molecule has 16 heavy (non-hydrogen) atoms. The molecule has 2 rings (SSSR count). The van der Waals surface area contributed by atoms with Crippen molar-refractivity contribution in [3.8, 4) is 0 Å². The van der Waals surface area contributed by atoms with Crippen LogP contribution in [0.4, 0.5) is 10.1 Å². The molecule has 0 heterocycles. The number of aliphatic carboxylic acids is 1. The zero-order chi connectivity index (χ0) is 11.7. The van der Waals surface area contributed by atoms with Crippen molar-refractivity contribution < 1.29 is 14.3 Å². The van der Waals surface area contributed by atoms with Crippen LogP contribution in [0.1, 0.15) is 12.8 Å². The number of hydrogen-bond acceptors (Lipinski definition) is 3. The minimum Gasteiger partial charge on any atom is -0.480 e. The molecule has 1 fully saturated rings. The monoisotopic (exact) mass is 241 g/mol. The molecule has 1 aromatic rings. The van der Waals surface area contributed by atoms with Gasteiger partial charge in [0.25, 0.3) is 0 Å². The van der Waals surface area contributed by atoms with Gasteiger partial charge >= 0.3 is 5.97 Å². The number of thioether (sulfide) groups is 1. The molecule has 3 N–H and O–H groups in total. The Morgan fingerprint density at radius 3 is 2.75 bits per heavy atom. The number of anilines is 1. The van der Waals surface area contributed by atoms with Crippen LogP contribution < -0.4 is 5.73 Å². The van der Waals surface area contributed by atoms with Gasteiger partial charge in [0.15, 0.2) is 0 Å². The molecule has 1 aromatic carbocycles. The molecule has 0 saturated heterocycles. The maximum Gasteiger partial charge on any atom is 0.317 e. The maximum absolute atomic E-state index is 12.8. The summed E-state index contributed by atoms with van der Waals surface area (Å²) in [5.74, 6) is -0.997. The van der Waals surface area contributed by atoms with E-state index in [9.17, 15) is 9.18 Å². The van der Waals surface area contributed by atoms with Gasteiger partial charge in [-0.1, -0.05) is 0 Å². The number of benzene rings is 1. The molecule has 3 nitrogen and oxygen atoms in total. The molecule has 0 aliphatic heterocycles. The highest BCUT2D eigenvalue weighted by Gasteiger charge is 2.37. The first-order chi connectivity index (χ1) is 7.58. The number of nitrogens with two attached hydrogens (primary N) is 1. The van der Waals surface area contributed by atoms with Gasteiger partial charge in [-0.05, 0) is 37.0 Å². The van der Waals surface area contributed by atoms with Crippen molar-refractivity contribution in [2.24, 2.45) is 5.92 Å². The fraction of sp³-hybridized carbons (Fsp3) is 0.364. The molecule has 1 atom stereocenters. The number of halogens is 1. The predicted molar refractivity (Wildman–Crippen MR) is 60.8 cm³/mol. The van der Waals surface area contributed by atoms with E-state index >= 15 is 0 Å². The highest BCUT2D eigenvalue weighted by molar-refractivity contribution is 8.00. The van der Waals surface area contributed by atoms with Gasteiger partial charge in [-0.2, -0.15) is 0 Å². The summed E-state index contributed by atoms with van der Waals surface area (Å²) in [6.07, 6.45) is 1.90. The number of carbonyl (C=O) groups is 1. The average Bonchev–Trinajstić information content (AvgIpc) is 2.99. The van der Waals surface area contributed by atoms with Gasteiger partial charge in [0.1, 0.15) is 11.1 Å². The van der Waals surface area contributed by atoms with Crippen molar-refractivity contribution >= 4 is 23.4 Å². The summed E-state index contributed by atoms with van der Waals surface area (Å²) in [6, 6.07) is 4.05. The molecule has 86 valence electrons. The lowest BCUT2D eigenvalue weighted by molar-refractivity contribution is -0.136. The summed E-state index contributed by atoms with van der Waals surface area (Å²) in [6.45, 7) is 0. The second kappa shape index (κ2) is 4.33. The van der Waals surface area contributed by atoms with Gasteiger partial charge < -0.3 is 10.8 Å². The molecular weight excluding hydrogens is 229 g/mol. The van der Waals surface area contributed by atoms with Crippen LogP contribution in [0.5, 0.6) is 0 Å². The number of carboxylic acids is 1. The minimum atomic E-state index is -0.823. The third kappa shape index (κ3) is 2.47. The Balaban J connectivity index is 2.15. The number of hydrogen-bond donors (Lipinski definition) is 2. The van der Waals surface area contributed by atoms with Crippen LogP contribution in [0.3, 0.4) is 0 Å². The van der Waals surface area contributed by atoms with E-state index in [1.807, 2.05) is 0 Å². The van der Waals surface area contributed by atoms with Crippen LogP contribution in [0, 0.1) is 11.7 Å². The van der Waals surface area contributed by atoms with Crippen molar-refractivity contribution in [2.45, 2.75) is 23.0 Å². The van der Waals surface area contributed by atoms with Crippen LogP contribution in [0.15, 0.2) is 23.1 Å². The Kier molecular flexibility index (Phi) is 3.05. The second-order valence-corrected chi connectivity index (χ2v) is 5.08. The van der Waals surface area contributed by atoms with Crippen LogP contribution in [-0.2, 0) is 4.79 Å². The molecule has 0 radical (unpaired) electrons. The molecule has 1 unspecified atom stereocenters. The summed E-state index contributed by atoms with van der Waals surface area (Å²) in [7, 11) is 0. The van der Waals surface area contributed by atoms with E-state index in [4.69, 9.17) is 10.8 Å². The standard InChI is InChI=1S/C11H12FNO2S/c12-7-3-4-9(8(13)5-7)16-10(11(14)15)6-1-2-6/h3-6,10H,1-2,13H2,(H,14,15). The topological polar surface area (TPSA) is 63.3 Å². The van der Waals surface area contributed by atoms with Crippen LogP contribution in [0.25, 0.3) is 0 Å². The van der Waals surface area contributed by atoms with E-state index < -0.39 is 17.0 Å². The van der Waals surface area contributed by atoms with E-state index in [0.717, 1.165) is 12.8 Å². The van der Waals surface area contributed by atoms with Crippen LogP contribution >= 0.6 is 11.8 Å². The lowest BCUT2D eigenvalue weighted by Gasteiger charge is -2.12. The van der Waals surface area contributed by atoms with Gasteiger partial charge in [-0.25, -0.2) is 4.39 Å². The number of rotatable bonds is 4. The Hall–Kier alpha value is -1.23. The Morgan fingerprint density at radius 1 is 1.56 bits per heavy atom. The normalized spacial score (nSPS) is 17.1. The summed E-state index contributed by atoms with van der Waals surface area (Å²) >= 11 is 1.21. The Morgan fingerprint density at radius 2 is 2.25 bits per heavy atom. The highest BCUT2D eigenvalue weighted by Crippen LogP contribution is 2.43. The zero-order valence-corrected chi connectivity index (χ0v) is 9.34. The first kappa shape index (κ1) is 11.3. The molecule has 0 bridgehead atoms. The number of nitrogen functional groups attached to an aromatic ring is 1. The minimum absolute atomic E-state index is 0.229. The molecule has 1 saturated carbocycles. The predicted octanol–water partition coefficient (Wildman–Crippen LogP) is 2.36. The Labute approximate surface area is 96.8 Å². The van der Waals surface area contributed by atoms with Gasteiger partial charge in [0, 0.05) is 10.6 Å². The quantitative estimate of drug-likeness (QED) is 0.627. The third-order valence-corrected chi connectivity index (χ3v) is 3.99. The van der Waals surface area contributed by atoms with E-state index in [1.165, 1.54) is 30.0 Å². The Bertz CT molecular complexity index is 420. The van der Waals surface area contributed by atoms with E-state index in [1.54, 1.807) is 0 Å². The van der Waals surface area contributed by atoms with Gasteiger partial charge in [0.05, 0.1) is 0 Å². The van der Waals surface area contributed by atoms with Crippen molar-refractivity contribution in [1.29, 1.82) is 0 Å². The SMILES string of the molecule is Nc1cc(F)ccc1SC(C(=O)O)C1CC1. The molecular formula is C11H12FNO2S. The molecule has 5 heteroatoms. The van der Waals surface area contributed by atoms with Crippen molar-refractivity contribution in [3.05, 3.63) is 24.0 Å². The van der Waals surface area contributed by atoms with Gasteiger partial charge in [-0.3, -0.25) is 4.79 Å². The van der Waals surface area contributed by atoms with E-state index in [-0.39, 0.29) is 5.92 Å². The summed E-state index contributed by atoms with van der Waals surface area (Å²) in [4.78, 5) is 11.7.